The van der Waals surface area contributed by atoms with E-state index in [0.717, 1.165) is 6.20 Å². The zero-order valence-corrected chi connectivity index (χ0v) is 8.13. The third-order valence-electron chi connectivity index (χ3n) is 2.18. The van der Waals surface area contributed by atoms with Gasteiger partial charge < -0.3 is 9.67 Å². The molecule has 0 bridgehead atoms. The van der Waals surface area contributed by atoms with Crippen molar-refractivity contribution in [1.82, 2.24) is 14.5 Å². The summed E-state index contributed by atoms with van der Waals surface area (Å²) >= 11 is 0. The van der Waals surface area contributed by atoms with E-state index in [1.165, 1.54) is 18.5 Å². The van der Waals surface area contributed by atoms with E-state index < -0.39 is 11.9 Å². The first-order chi connectivity index (χ1) is 7.18. The van der Waals surface area contributed by atoms with Gasteiger partial charge in [-0.25, -0.2) is 9.37 Å². The van der Waals surface area contributed by atoms with Gasteiger partial charge in [0.2, 0.25) is 0 Å². The van der Waals surface area contributed by atoms with Crippen LogP contribution in [-0.2, 0) is 7.05 Å². The summed E-state index contributed by atoms with van der Waals surface area (Å²) < 4.78 is 14.5. The molecule has 2 rings (SSSR count). The summed E-state index contributed by atoms with van der Waals surface area (Å²) in [6.45, 7) is 0. The molecule has 1 atom stereocenters. The van der Waals surface area contributed by atoms with Gasteiger partial charge in [-0.3, -0.25) is 4.98 Å². The van der Waals surface area contributed by atoms with Gasteiger partial charge in [-0.05, 0) is 6.07 Å². The smallest absolute Gasteiger partial charge is 0.141 e. The van der Waals surface area contributed by atoms with Crippen LogP contribution in [0.15, 0.2) is 31.0 Å². The number of hydrogen-bond acceptors (Lipinski definition) is 3. The molecule has 4 nitrogen and oxygen atoms in total. The molecule has 0 radical (unpaired) electrons. The molecule has 0 aromatic carbocycles. The Labute approximate surface area is 86.0 Å². The molecule has 5 heteroatoms. The molecule has 0 amide bonds. The van der Waals surface area contributed by atoms with Crippen molar-refractivity contribution in [3.05, 3.63) is 48.1 Å². The van der Waals surface area contributed by atoms with E-state index in [4.69, 9.17) is 0 Å². The van der Waals surface area contributed by atoms with E-state index in [1.54, 1.807) is 17.9 Å². The lowest BCUT2D eigenvalue weighted by Crippen LogP contribution is -2.05. The number of rotatable bonds is 2. The molecule has 0 saturated heterocycles. The van der Waals surface area contributed by atoms with Crippen LogP contribution in [0.5, 0.6) is 0 Å². The molecular weight excluding hydrogens is 197 g/mol. The fourth-order valence-electron chi connectivity index (χ4n) is 1.38. The summed E-state index contributed by atoms with van der Waals surface area (Å²) in [7, 11) is 1.76. The van der Waals surface area contributed by atoms with Gasteiger partial charge in [0.15, 0.2) is 0 Å². The fraction of sp³-hybridized carbons (Fsp3) is 0.200. The van der Waals surface area contributed by atoms with E-state index in [9.17, 15) is 9.50 Å². The van der Waals surface area contributed by atoms with Crippen molar-refractivity contribution in [2.24, 2.45) is 7.05 Å². The molecule has 78 valence electrons. The van der Waals surface area contributed by atoms with Crippen LogP contribution < -0.4 is 0 Å². The molecule has 2 heterocycles. The van der Waals surface area contributed by atoms with Gasteiger partial charge in [0.05, 0.1) is 24.4 Å². The molecule has 0 saturated carbocycles. The van der Waals surface area contributed by atoms with Crippen LogP contribution in [-0.4, -0.2) is 19.6 Å². The SMILES string of the molecule is Cn1cncc1C(O)c1cncc(F)c1. The number of aromatic nitrogens is 3. The Morgan fingerprint density at radius 2 is 2.13 bits per heavy atom. The summed E-state index contributed by atoms with van der Waals surface area (Å²) in [6, 6.07) is 1.25. The van der Waals surface area contributed by atoms with Crippen molar-refractivity contribution in [1.29, 1.82) is 0 Å². The molecule has 0 aliphatic carbocycles. The maximum Gasteiger partial charge on any atom is 0.141 e. The Balaban J connectivity index is 2.36. The molecule has 15 heavy (non-hydrogen) atoms. The Bertz CT molecular complexity index is 469. The summed E-state index contributed by atoms with van der Waals surface area (Å²) in [5.41, 5.74) is 1.01. The summed E-state index contributed by atoms with van der Waals surface area (Å²) in [5.74, 6) is -0.464. The van der Waals surface area contributed by atoms with E-state index in [-0.39, 0.29) is 0 Å². The number of aryl methyl sites for hydroxylation is 1. The Morgan fingerprint density at radius 1 is 1.33 bits per heavy atom. The lowest BCUT2D eigenvalue weighted by Gasteiger charge is -2.10. The third kappa shape index (κ3) is 1.87. The van der Waals surface area contributed by atoms with Gasteiger partial charge in [-0.2, -0.15) is 0 Å². The minimum atomic E-state index is -0.902. The van der Waals surface area contributed by atoms with Crippen LogP contribution >= 0.6 is 0 Å². The van der Waals surface area contributed by atoms with E-state index >= 15 is 0 Å². The maximum absolute atomic E-state index is 12.9. The fourth-order valence-corrected chi connectivity index (χ4v) is 1.38. The van der Waals surface area contributed by atoms with Crippen molar-refractivity contribution < 1.29 is 9.50 Å². The summed E-state index contributed by atoms with van der Waals surface area (Å²) in [4.78, 5) is 7.56. The number of imidazole rings is 1. The van der Waals surface area contributed by atoms with E-state index in [1.807, 2.05) is 0 Å². The highest BCUT2D eigenvalue weighted by molar-refractivity contribution is 5.22. The van der Waals surface area contributed by atoms with Crippen LogP contribution in [0.3, 0.4) is 0 Å². The monoisotopic (exact) mass is 207 g/mol. The highest BCUT2D eigenvalue weighted by atomic mass is 19.1. The Hall–Kier alpha value is -1.75. The predicted octanol–water partition coefficient (Wildman–Crippen LogP) is 1.04. The second kappa shape index (κ2) is 3.78. The van der Waals surface area contributed by atoms with Crippen molar-refractivity contribution >= 4 is 0 Å². The first-order valence-corrected chi connectivity index (χ1v) is 4.43. The molecule has 1 N–H and O–H groups in total. The van der Waals surface area contributed by atoms with Crippen LogP contribution in [0, 0.1) is 5.82 Å². The largest absolute Gasteiger partial charge is 0.382 e. The minimum Gasteiger partial charge on any atom is -0.382 e. The average molecular weight is 207 g/mol. The molecular formula is C10H10FN3O. The minimum absolute atomic E-state index is 0.415. The lowest BCUT2D eigenvalue weighted by atomic mass is 10.1. The highest BCUT2D eigenvalue weighted by Gasteiger charge is 2.14. The van der Waals surface area contributed by atoms with Crippen LogP contribution in [0.2, 0.25) is 0 Å². The summed E-state index contributed by atoms with van der Waals surface area (Å²) in [6.07, 6.45) is 4.74. The Kier molecular flexibility index (Phi) is 2.47. The van der Waals surface area contributed by atoms with Gasteiger partial charge in [-0.15, -0.1) is 0 Å². The molecule has 2 aromatic heterocycles. The van der Waals surface area contributed by atoms with Gasteiger partial charge in [0.1, 0.15) is 11.9 Å². The quantitative estimate of drug-likeness (QED) is 0.800. The average Bonchev–Trinajstić information content (AvgIpc) is 2.63. The van der Waals surface area contributed by atoms with Crippen LogP contribution in [0.4, 0.5) is 4.39 Å². The second-order valence-electron chi connectivity index (χ2n) is 3.27. The molecule has 1 unspecified atom stereocenters. The van der Waals surface area contributed by atoms with E-state index in [2.05, 4.69) is 9.97 Å². The number of aliphatic hydroxyl groups is 1. The zero-order valence-electron chi connectivity index (χ0n) is 8.13. The van der Waals surface area contributed by atoms with Gasteiger partial charge in [0, 0.05) is 18.8 Å². The number of hydrogen-bond donors (Lipinski definition) is 1. The normalized spacial score (nSPS) is 12.7. The highest BCUT2D eigenvalue weighted by Crippen LogP contribution is 2.20. The maximum atomic E-state index is 12.9. The number of pyridine rings is 1. The van der Waals surface area contributed by atoms with Crippen molar-refractivity contribution in [2.45, 2.75) is 6.10 Å². The van der Waals surface area contributed by atoms with Gasteiger partial charge in [0.25, 0.3) is 0 Å². The van der Waals surface area contributed by atoms with Crippen molar-refractivity contribution in [3.8, 4) is 0 Å². The molecule has 0 fully saturated rings. The summed E-state index contributed by atoms with van der Waals surface area (Å²) in [5, 5.41) is 9.92. The predicted molar refractivity (Wildman–Crippen MR) is 51.5 cm³/mol. The van der Waals surface area contributed by atoms with Crippen LogP contribution in [0.1, 0.15) is 17.4 Å². The Morgan fingerprint density at radius 3 is 2.73 bits per heavy atom. The number of nitrogens with zero attached hydrogens (tertiary/aromatic N) is 3. The lowest BCUT2D eigenvalue weighted by molar-refractivity contribution is 0.210. The van der Waals surface area contributed by atoms with E-state index in [0.29, 0.717) is 11.3 Å². The molecule has 0 spiro atoms. The number of aliphatic hydroxyl groups excluding tert-OH is 1. The number of halogens is 1. The van der Waals surface area contributed by atoms with Gasteiger partial charge in [-0.1, -0.05) is 0 Å². The third-order valence-corrected chi connectivity index (χ3v) is 2.18. The van der Waals surface area contributed by atoms with Crippen molar-refractivity contribution in [2.75, 3.05) is 0 Å². The molecule has 0 aliphatic heterocycles. The van der Waals surface area contributed by atoms with Gasteiger partial charge >= 0.3 is 0 Å². The standard InChI is InChI=1S/C10H10FN3O/c1-14-6-13-5-9(14)10(15)7-2-8(11)4-12-3-7/h2-6,10,15H,1H3. The van der Waals surface area contributed by atoms with Crippen LogP contribution in [0.25, 0.3) is 0 Å². The second-order valence-corrected chi connectivity index (χ2v) is 3.27. The molecule has 0 aliphatic rings. The van der Waals surface area contributed by atoms with Crippen molar-refractivity contribution in [3.63, 3.8) is 0 Å². The zero-order chi connectivity index (χ0) is 10.8. The first kappa shape index (κ1) is 9.79. The first-order valence-electron chi connectivity index (χ1n) is 4.43. The topological polar surface area (TPSA) is 50.9 Å². The molecule has 2 aromatic rings.